The molecule has 0 atom stereocenters. The largest absolute Gasteiger partial charge is 0.479 e. The van der Waals surface area contributed by atoms with E-state index < -0.39 is 29.1 Å². The van der Waals surface area contributed by atoms with Crippen LogP contribution in [-0.2, 0) is 4.79 Å². The number of ether oxygens (including phenoxy) is 1. The van der Waals surface area contributed by atoms with E-state index in [0.717, 1.165) is 18.2 Å². The van der Waals surface area contributed by atoms with E-state index in [4.69, 9.17) is 5.11 Å². The number of rotatable bonds is 4. The molecule has 1 rings (SSSR count). The molecule has 0 unspecified atom stereocenters. The van der Waals surface area contributed by atoms with Crippen LogP contribution < -0.4 is 4.74 Å². The van der Waals surface area contributed by atoms with E-state index in [9.17, 15) is 19.3 Å². The fourth-order valence-electron chi connectivity index (χ4n) is 0.856. The van der Waals surface area contributed by atoms with E-state index >= 15 is 0 Å². The number of nitrogens with zero attached hydrogens (tertiary/aromatic N) is 1. The maximum atomic E-state index is 12.9. The van der Waals surface area contributed by atoms with Crippen LogP contribution in [0.3, 0.4) is 0 Å². The molecule has 15 heavy (non-hydrogen) atoms. The third kappa shape index (κ3) is 2.90. The van der Waals surface area contributed by atoms with Crippen molar-refractivity contribution in [2.24, 2.45) is 0 Å². The molecule has 0 spiro atoms. The Morgan fingerprint density at radius 1 is 1.60 bits per heavy atom. The Balaban J connectivity index is 2.90. The van der Waals surface area contributed by atoms with Gasteiger partial charge in [0, 0.05) is 6.07 Å². The quantitative estimate of drug-likeness (QED) is 0.601. The van der Waals surface area contributed by atoms with Crippen LogP contribution in [-0.4, -0.2) is 22.6 Å². The summed E-state index contributed by atoms with van der Waals surface area (Å²) in [5.41, 5.74) is -0.364. The molecule has 1 N–H and O–H groups in total. The molecule has 0 fully saturated rings. The third-order valence-electron chi connectivity index (χ3n) is 1.48. The fraction of sp³-hybridized carbons (Fsp3) is 0.125. The molecule has 1 aromatic rings. The average Bonchev–Trinajstić information content (AvgIpc) is 2.16. The Labute approximate surface area is 83.0 Å². The molecule has 0 aliphatic rings. The summed E-state index contributed by atoms with van der Waals surface area (Å²) in [6.07, 6.45) is 0. The van der Waals surface area contributed by atoms with Crippen molar-refractivity contribution in [2.45, 2.75) is 0 Å². The molecule has 80 valence electrons. The Hall–Kier alpha value is -2.18. The molecule has 0 amide bonds. The van der Waals surface area contributed by atoms with Crippen LogP contribution in [0.4, 0.5) is 10.1 Å². The predicted molar refractivity (Wildman–Crippen MR) is 46.2 cm³/mol. The summed E-state index contributed by atoms with van der Waals surface area (Å²) in [5, 5.41) is 18.6. The number of nitro benzene ring substituents is 1. The van der Waals surface area contributed by atoms with E-state index in [2.05, 4.69) is 4.74 Å². The van der Waals surface area contributed by atoms with Gasteiger partial charge in [0.25, 0.3) is 5.69 Å². The highest BCUT2D eigenvalue weighted by Gasteiger charge is 2.12. The molecule has 0 radical (unpaired) electrons. The number of carboxylic acid groups (broad SMARTS) is 1. The third-order valence-corrected chi connectivity index (χ3v) is 1.48. The number of benzene rings is 1. The minimum absolute atomic E-state index is 0.364. The number of nitro groups is 1. The zero-order chi connectivity index (χ0) is 11.4. The number of aliphatic carboxylic acids is 1. The van der Waals surface area contributed by atoms with Crippen LogP contribution >= 0.6 is 0 Å². The summed E-state index contributed by atoms with van der Waals surface area (Å²) < 4.78 is 17.5. The summed E-state index contributed by atoms with van der Waals surface area (Å²) in [4.78, 5) is 19.7. The molecule has 7 heteroatoms. The molecule has 0 aliphatic carbocycles. The lowest BCUT2D eigenvalue weighted by Gasteiger charge is -2.03. The van der Waals surface area contributed by atoms with Gasteiger partial charge < -0.3 is 9.84 Å². The second-order valence-electron chi connectivity index (χ2n) is 2.55. The zero-order valence-corrected chi connectivity index (χ0v) is 7.34. The van der Waals surface area contributed by atoms with Gasteiger partial charge in [0.05, 0.1) is 11.0 Å². The summed E-state index contributed by atoms with van der Waals surface area (Å²) in [6, 6.07) is 2.64. The number of carbonyl (C=O) groups is 1. The number of hydrogen-bond acceptors (Lipinski definition) is 4. The first kappa shape index (κ1) is 10.9. The average molecular weight is 215 g/mol. The number of non-ortho nitro benzene ring substituents is 1. The van der Waals surface area contributed by atoms with Gasteiger partial charge in [-0.05, 0) is 6.07 Å². The Morgan fingerprint density at radius 3 is 2.80 bits per heavy atom. The highest BCUT2D eigenvalue weighted by molar-refractivity contribution is 5.68. The Kier molecular flexibility index (Phi) is 3.17. The smallest absolute Gasteiger partial charge is 0.341 e. The van der Waals surface area contributed by atoms with Crippen molar-refractivity contribution in [3.05, 3.63) is 34.1 Å². The summed E-state index contributed by atoms with van der Waals surface area (Å²) in [5.74, 6) is -2.59. The van der Waals surface area contributed by atoms with Crippen molar-refractivity contribution < 1.29 is 24.0 Å². The van der Waals surface area contributed by atoms with Gasteiger partial charge in [-0.25, -0.2) is 9.18 Å². The Bertz CT molecular complexity index is 406. The molecule has 0 bridgehead atoms. The van der Waals surface area contributed by atoms with E-state index in [1.807, 2.05) is 0 Å². The maximum Gasteiger partial charge on any atom is 0.341 e. The van der Waals surface area contributed by atoms with Crippen molar-refractivity contribution in [2.75, 3.05) is 6.61 Å². The monoisotopic (exact) mass is 215 g/mol. The zero-order valence-electron chi connectivity index (χ0n) is 7.34. The lowest BCUT2D eigenvalue weighted by atomic mass is 10.3. The second-order valence-corrected chi connectivity index (χ2v) is 2.55. The van der Waals surface area contributed by atoms with Crippen molar-refractivity contribution in [3.63, 3.8) is 0 Å². The van der Waals surface area contributed by atoms with E-state index in [0.29, 0.717) is 0 Å². The summed E-state index contributed by atoms with van der Waals surface area (Å²) in [6.45, 7) is -0.752. The van der Waals surface area contributed by atoms with Crippen LogP contribution in [0.25, 0.3) is 0 Å². The molecule has 0 aliphatic heterocycles. The maximum absolute atomic E-state index is 12.9. The van der Waals surface area contributed by atoms with Crippen LogP contribution in [0.1, 0.15) is 0 Å². The lowest BCUT2D eigenvalue weighted by Crippen LogP contribution is -2.10. The first-order valence-electron chi connectivity index (χ1n) is 3.79. The molecular weight excluding hydrogens is 209 g/mol. The number of hydrogen-bond donors (Lipinski definition) is 1. The van der Waals surface area contributed by atoms with Gasteiger partial charge in [0.1, 0.15) is 0 Å². The second kappa shape index (κ2) is 4.36. The SMILES string of the molecule is O=C(O)COc1cc([N+](=O)[O-])ccc1F. The molecule has 0 saturated heterocycles. The molecule has 6 nitrogen and oxygen atoms in total. The first-order chi connectivity index (χ1) is 7.00. The van der Waals surface area contributed by atoms with E-state index in [1.54, 1.807) is 0 Å². The highest BCUT2D eigenvalue weighted by Crippen LogP contribution is 2.23. The van der Waals surface area contributed by atoms with Gasteiger partial charge >= 0.3 is 5.97 Å². The normalized spacial score (nSPS) is 9.67. The van der Waals surface area contributed by atoms with Gasteiger partial charge in [0.2, 0.25) is 0 Å². The molecule has 0 aromatic heterocycles. The van der Waals surface area contributed by atoms with Crippen LogP contribution in [0.2, 0.25) is 0 Å². The van der Waals surface area contributed by atoms with Crippen molar-refractivity contribution >= 4 is 11.7 Å². The molecule has 0 heterocycles. The highest BCUT2D eigenvalue weighted by atomic mass is 19.1. The molecule has 0 saturated carbocycles. The van der Waals surface area contributed by atoms with Crippen molar-refractivity contribution in [1.82, 2.24) is 0 Å². The summed E-state index contributed by atoms with van der Waals surface area (Å²) in [7, 11) is 0. The predicted octanol–water partition coefficient (Wildman–Crippen LogP) is 1.20. The Morgan fingerprint density at radius 2 is 2.27 bits per heavy atom. The van der Waals surface area contributed by atoms with E-state index in [1.165, 1.54) is 0 Å². The minimum atomic E-state index is -1.29. The van der Waals surface area contributed by atoms with Crippen LogP contribution in [0, 0.1) is 15.9 Å². The topological polar surface area (TPSA) is 89.7 Å². The fourth-order valence-corrected chi connectivity index (χ4v) is 0.856. The summed E-state index contributed by atoms with van der Waals surface area (Å²) >= 11 is 0. The molecular formula is C8H6FNO5. The van der Waals surface area contributed by atoms with Gasteiger partial charge in [0.15, 0.2) is 18.2 Å². The van der Waals surface area contributed by atoms with Gasteiger partial charge in [-0.2, -0.15) is 0 Å². The lowest BCUT2D eigenvalue weighted by molar-refractivity contribution is -0.385. The van der Waals surface area contributed by atoms with Crippen LogP contribution in [0.15, 0.2) is 18.2 Å². The van der Waals surface area contributed by atoms with Crippen molar-refractivity contribution in [1.29, 1.82) is 0 Å². The van der Waals surface area contributed by atoms with Gasteiger partial charge in [-0.1, -0.05) is 0 Å². The van der Waals surface area contributed by atoms with Gasteiger partial charge in [-0.3, -0.25) is 10.1 Å². The minimum Gasteiger partial charge on any atom is -0.479 e. The number of carboxylic acids is 1. The first-order valence-corrected chi connectivity index (χ1v) is 3.79. The van der Waals surface area contributed by atoms with Crippen LogP contribution in [0.5, 0.6) is 5.75 Å². The standard InChI is InChI=1S/C8H6FNO5/c9-6-2-1-5(10(13)14)3-7(6)15-4-8(11)12/h1-3H,4H2,(H,11,12). The van der Waals surface area contributed by atoms with Gasteiger partial charge in [-0.15, -0.1) is 0 Å². The number of halogens is 1. The molecule has 1 aromatic carbocycles. The van der Waals surface area contributed by atoms with E-state index in [-0.39, 0.29) is 5.69 Å². The van der Waals surface area contributed by atoms with Crippen molar-refractivity contribution in [3.8, 4) is 5.75 Å².